The van der Waals surface area contributed by atoms with Crippen molar-refractivity contribution in [3.8, 4) is 0 Å². The van der Waals surface area contributed by atoms with E-state index < -0.39 is 0 Å². The summed E-state index contributed by atoms with van der Waals surface area (Å²) in [6, 6.07) is 6.72. The van der Waals surface area contributed by atoms with E-state index in [0.717, 1.165) is 18.7 Å². The molecule has 0 spiro atoms. The van der Waals surface area contributed by atoms with Crippen LogP contribution < -0.4 is 10.2 Å². The van der Waals surface area contributed by atoms with Crippen LogP contribution in [-0.4, -0.2) is 18.5 Å². The summed E-state index contributed by atoms with van der Waals surface area (Å²) in [5.41, 5.74) is 3.37. The van der Waals surface area contributed by atoms with Gasteiger partial charge in [0.25, 0.3) is 0 Å². The molecule has 0 bridgehead atoms. The van der Waals surface area contributed by atoms with Crippen molar-refractivity contribution < 1.29 is 4.79 Å². The number of hydrogen-bond acceptors (Lipinski definition) is 2. The summed E-state index contributed by atoms with van der Waals surface area (Å²) in [7, 11) is 0. The molecular formula is C13H16N2O. The third-order valence-corrected chi connectivity index (χ3v) is 3.53. The molecule has 0 saturated carbocycles. The maximum atomic E-state index is 11.8. The molecule has 2 aliphatic rings. The molecule has 0 radical (unpaired) electrons. The first kappa shape index (κ1) is 9.70. The Morgan fingerprint density at radius 3 is 3.19 bits per heavy atom. The number of nitrogens with one attached hydrogen (secondary N) is 1. The first-order valence-electron chi connectivity index (χ1n) is 5.91. The lowest BCUT2D eigenvalue weighted by atomic mass is 10.1. The summed E-state index contributed by atoms with van der Waals surface area (Å²) in [4.78, 5) is 14.1. The van der Waals surface area contributed by atoms with E-state index in [4.69, 9.17) is 0 Å². The number of hydrogen-bond donors (Lipinski definition) is 1. The number of benzene rings is 1. The topological polar surface area (TPSA) is 32.3 Å². The quantitative estimate of drug-likeness (QED) is 0.721. The molecule has 1 saturated heterocycles. The molecule has 2 heterocycles. The summed E-state index contributed by atoms with van der Waals surface area (Å²) in [6.07, 6.45) is 2.97. The number of amides is 1. The van der Waals surface area contributed by atoms with Crippen molar-refractivity contribution >= 4 is 17.3 Å². The van der Waals surface area contributed by atoms with Gasteiger partial charge in [-0.2, -0.15) is 0 Å². The number of carbonyl (C=O) groups is 1. The molecule has 1 atom stereocenters. The fraction of sp³-hybridized carbons (Fsp3) is 0.462. The summed E-state index contributed by atoms with van der Waals surface area (Å²) in [5, 5.41) is 3.01. The normalized spacial score (nSPS) is 23.4. The summed E-state index contributed by atoms with van der Waals surface area (Å²) < 4.78 is 0. The SMILES string of the molecule is Cc1ccc2c(c1)NC(=O)CC1CCCN21. The molecule has 0 aromatic heterocycles. The van der Waals surface area contributed by atoms with Crippen molar-refractivity contribution in [2.24, 2.45) is 0 Å². The first-order valence-corrected chi connectivity index (χ1v) is 5.91. The van der Waals surface area contributed by atoms with E-state index in [-0.39, 0.29) is 5.91 Å². The number of nitrogens with zero attached hydrogens (tertiary/aromatic N) is 1. The van der Waals surface area contributed by atoms with Crippen LogP contribution in [0.4, 0.5) is 11.4 Å². The summed E-state index contributed by atoms with van der Waals surface area (Å²) in [5.74, 6) is 0.154. The molecule has 1 fully saturated rings. The highest BCUT2D eigenvalue weighted by Crippen LogP contribution is 2.36. The van der Waals surface area contributed by atoms with Gasteiger partial charge in [-0.25, -0.2) is 0 Å². The molecule has 3 nitrogen and oxygen atoms in total. The van der Waals surface area contributed by atoms with Crippen LogP contribution >= 0.6 is 0 Å². The number of rotatable bonds is 0. The lowest BCUT2D eigenvalue weighted by molar-refractivity contribution is -0.116. The summed E-state index contributed by atoms with van der Waals surface area (Å²) in [6.45, 7) is 3.13. The standard InChI is InChI=1S/C13H16N2O/c1-9-4-5-12-11(7-9)14-13(16)8-10-3-2-6-15(10)12/h4-5,7,10H,2-3,6,8H2,1H3,(H,14,16). The zero-order chi connectivity index (χ0) is 11.1. The third-order valence-electron chi connectivity index (χ3n) is 3.53. The second-order valence-corrected chi connectivity index (χ2v) is 4.76. The van der Waals surface area contributed by atoms with Crippen LogP contribution in [0, 0.1) is 6.92 Å². The van der Waals surface area contributed by atoms with E-state index in [2.05, 4.69) is 35.3 Å². The van der Waals surface area contributed by atoms with E-state index in [1.807, 2.05) is 0 Å². The molecule has 1 aromatic rings. The van der Waals surface area contributed by atoms with Crippen LogP contribution in [0.5, 0.6) is 0 Å². The molecule has 16 heavy (non-hydrogen) atoms. The molecular weight excluding hydrogens is 200 g/mol. The van der Waals surface area contributed by atoms with Gasteiger partial charge in [-0.15, -0.1) is 0 Å². The number of fused-ring (bicyclic) bond motifs is 3. The molecule has 3 heteroatoms. The molecule has 1 aromatic carbocycles. The average molecular weight is 216 g/mol. The van der Waals surface area contributed by atoms with Gasteiger partial charge in [0.2, 0.25) is 5.91 Å². The molecule has 3 rings (SSSR count). The molecule has 2 aliphatic heterocycles. The van der Waals surface area contributed by atoms with Gasteiger partial charge in [-0.3, -0.25) is 4.79 Å². The Hall–Kier alpha value is -1.51. The Kier molecular flexibility index (Phi) is 2.13. The fourth-order valence-electron chi connectivity index (χ4n) is 2.78. The minimum Gasteiger partial charge on any atom is -0.366 e. The Balaban J connectivity index is 2.09. The highest BCUT2D eigenvalue weighted by molar-refractivity contribution is 5.97. The Morgan fingerprint density at radius 2 is 2.31 bits per heavy atom. The smallest absolute Gasteiger partial charge is 0.226 e. The highest BCUT2D eigenvalue weighted by Gasteiger charge is 2.31. The lowest BCUT2D eigenvalue weighted by Crippen LogP contribution is -2.29. The van der Waals surface area contributed by atoms with E-state index >= 15 is 0 Å². The zero-order valence-electron chi connectivity index (χ0n) is 9.49. The van der Waals surface area contributed by atoms with E-state index in [1.54, 1.807) is 0 Å². The predicted octanol–water partition coefficient (Wildman–Crippen LogP) is 2.31. The summed E-state index contributed by atoms with van der Waals surface area (Å²) >= 11 is 0. The van der Waals surface area contributed by atoms with Crippen molar-refractivity contribution in [1.82, 2.24) is 0 Å². The van der Waals surface area contributed by atoms with Gasteiger partial charge in [0.05, 0.1) is 11.4 Å². The van der Waals surface area contributed by atoms with Crippen molar-refractivity contribution in [2.45, 2.75) is 32.2 Å². The minimum absolute atomic E-state index is 0.154. The van der Waals surface area contributed by atoms with Crippen LogP contribution in [0.2, 0.25) is 0 Å². The van der Waals surface area contributed by atoms with Crippen LogP contribution in [-0.2, 0) is 4.79 Å². The third kappa shape index (κ3) is 1.47. The largest absolute Gasteiger partial charge is 0.366 e. The van der Waals surface area contributed by atoms with Gasteiger partial charge < -0.3 is 10.2 Å². The van der Waals surface area contributed by atoms with Crippen molar-refractivity contribution in [3.05, 3.63) is 23.8 Å². The molecule has 1 amide bonds. The van der Waals surface area contributed by atoms with Crippen LogP contribution in [0.25, 0.3) is 0 Å². The molecule has 84 valence electrons. The molecule has 1 unspecified atom stereocenters. The number of anilines is 2. The van der Waals surface area contributed by atoms with Gasteiger partial charge in [0.1, 0.15) is 0 Å². The van der Waals surface area contributed by atoms with Gasteiger partial charge in [0, 0.05) is 19.0 Å². The highest BCUT2D eigenvalue weighted by atomic mass is 16.1. The second kappa shape index (κ2) is 3.51. The number of carbonyl (C=O) groups excluding carboxylic acids is 1. The van der Waals surface area contributed by atoms with Gasteiger partial charge >= 0.3 is 0 Å². The zero-order valence-corrected chi connectivity index (χ0v) is 9.49. The Labute approximate surface area is 95.4 Å². The van der Waals surface area contributed by atoms with Crippen molar-refractivity contribution in [2.75, 3.05) is 16.8 Å². The van der Waals surface area contributed by atoms with Crippen LogP contribution in [0.15, 0.2) is 18.2 Å². The monoisotopic (exact) mass is 216 g/mol. The van der Waals surface area contributed by atoms with Gasteiger partial charge in [-0.05, 0) is 37.5 Å². The van der Waals surface area contributed by atoms with Crippen LogP contribution in [0.3, 0.4) is 0 Å². The first-order chi connectivity index (χ1) is 7.74. The van der Waals surface area contributed by atoms with Crippen molar-refractivity contribution in [1.29, 1.82) is 0 Å². The molecule has 0 aliphatic carbocycles. The predicted molar refractivity (Wildman–Crippen MR) is 64.8 cm³/mol. The van der Waals surface area contributed by atoms with E-state index in [1.165, 1.54) is 17.7 Å². The Bertz CT molecular complexity index is 442. The molecule has 1 N–H and O–H groups in total. The second-order valence-electron chi connectivity index (χ2n) is 4.76. The maximum Gasteiger partial charge on any atom is 0.226 e. The minimum atomic E-state index is 0.154. The van der Waals surface area contributed by atoms with Crippen LogP contribution in [0.1, 0.15) is 24.8 Å². The van der Waals surface area contributed by atoms with E-state index in [9.17, 15) is 4.79 Å². The maximum absolute atomic E-state index is 11.8. The van der Waals surface area contributed by atoms with Gasteiger partial charge in [0.15, 0.2) is 0 Å². The average Bonchev–Trinajstić information content (AvgIpc) is 2.61. The van der Waals surface area contributed by atoms with Gasteiger partial charge in [-0.1, -0.05) is 6.07 Å². The fourth-order valence-corrected chi connectivity index (χ4v) is 2.78. The van der Waals surface area contributed by atoms with Crippen molar-refractivity contribution in [3.63, 3.8) is 0 Å². The van der Waals surface area contributed by atoms with E-state index in [0.29, 0.717) is 12.5 Å². The lowest BCUT2D eigenvalue weighted by Gasteiger charge is -2.24. The number of aryl methyl sites for hydroxylation is 1. The Morgan fingerprint density at radius 1 is 1.44 bits per heavy atom.